The maximum Gasteiger partial charge on any atom is 0.306 e. The molecule has 0 radical (unpaired) electrons. The summed E-state index contributed by atoms with van der Waals surface area (Å²) in [5.74, 6) is -0.569. The fourth-order valence-corrected chi connectivity index (χ4v) is 1.93. The lowest BCUT2D eigenvalue weighted by Crippen LogP contribution is -2.24. The molecule has 0 bridgehead atoms. The molecule has 3 nitrogen and oxygen atoms in total. The van der Waals surface area contributed by atoms with Crippen LogP contribution >= 0.6 is 0 Å². The molecule has 0 fully saturated rings. The third-order valence-corrected chi connectivity index (χ3v) is 2.38. The Balaban J connectivity index is 0. The molecule has 0 aromatic heterocycles. The zero-order chi connectivity index (χ0) is 10.6. The molecule has 0 aromatic carbocycles. The first-order valence-corrected chi connectivity index (χ1v) is 5.00. The first kappa shape index (κ1) is 15.9. The third kappa shape index (κ3) is 5.97. The second-order valence-electron chi connectivity index (χ2n) is 5.10. The summed E-state index contributed by atoms with van der Waals surface area (Å²) < 4.78 is 0. The summed E-state index contributed by atoms with van der Waals surface area (Å²) in [7, 11) is 0. The van der Waals surface area contributed by atoms with E-state index in [1.165, 1.54) is 0 Å². The van der Waals surface area contributed by atoms with E-state index in [-0.39, 0.29) is 23.4 Å². The molecule has 14 heavy (non-hydrogen) atoms. The number of rotatable bonds is 4. The van der Waals surface area contributed by atoms with E-state index in [1.807, 2.05) is 13.8 Å². The Hall–Kier alpha value is -0.570. The lowest BCUT2D eigenvalue weighted by molar-refractivity contribution is -0.143. The van der Waals surface area contributed by atoms with Gasteiger partial charge in [-0.05, 0) is 24.2 Å². The number of carboxylic acid groups (broad SMARTS) is 1. The molecule has 2 unspecified atom stereocenters. The molecule has 0 spiro atoms. The molecule has 0 saturated heterocycles. The van der Waals surface area contributed by atoms with Crippen molar-refractivity contribution in [1.29, 1.82) is 0 Å². The average Bonchev–Trinajstić information content (AvgIpc) is 1.82. The van der Waals surface area contributed by atoms with Crippen molar-refractivity contribution in [1.82, 2.24) is 6.15 Å². The highest BCUT2D eigenvalue weighted by Gasteiger charge is 2.26. The van der Waals surface area contributed by atoms with Gasteiger partial charge >= 0.3 is 5.97 Å². The van der Waals surface area contributed by atoms with Crippen LogP contribution in [0, 0.1) is 17.3 Å². The minimum atomic E-state index is -0.653. The molecule has 0 aliphatic rings. The van der Waals surface area contributed by atoms with Gasteiger partial charge in [-0.1, -0.05) is 34.6 Å². The lowest BCUT2D eigenvalue weighted by atomic mass is 9.79. The molecule has 0 saturated carbocycles. The van der Waals surface area contributed by atoms with Crippen LogP contribution < -0.4 is 6.15 Å². The fraction of sp³-hybridized carbons (Fsp3) is 0.909. The van der Waals surface area contributed by atoms with E-state index >= 15 is 0 Å². The van der Waals surface area contributed by atoms with Crippen molar-refractivity contribution in [2.24, 2.45) is 17.3 Å². The van der Waals surface area contributed by atoms with Crippen LogP contribution in [0.3, 0.4) is 0 Å². The minimum absolute atomic E-state index is 0. The van der Waals surface area contributed by atoms with E-state index in [4.69, 9.17) is 5.11 Å². The first-order chi connectivity index (χ1) is 5.78. The monoisotopic (exact) mass is 203 g/mol. The summed E-state index contributed by atoms with van der Waals surface area (Å²) >= 11 is 0. The Labute approximate surface area is 87.5 Å². The summed E-state index contributed by atoms with van der Waals surface area (Å²) in [6, 6.07) is 0. The number of aliphatic carboxylic acids is 1. The van der Waals surface area contributed by atoms with Gasteiger partial charge in [-0.15, -0.1) is 0 Å². The zero-order valence-corrected chi connectivity index (χ0v) is 10.1. The smallest absolute Gasteiger partial charge is 0.306 e. The second kappa shape index (κ2) is 6.02. The van der Waals surface area contributed by atoms with Crippen LogP contribution in [0.15, 0.2) is 0 Å². The largest absolute Gasteiger partial charge is 0.481 e. The Kier molecular flexibility index (Phi) is 6.82. The van der Waals surface area contributed by atoms with E-state index in [0.717, 1.165) is 12.8 Å². The van der Waals surface area contributed by atoms with Crippen LogP contribution in [0.4, 0.5) is 0 Å². The molecule has 0 amide bonds. The lowest BCUT2D eigenvalue weighted by Gasteiger charge is -2.26. The van der Waals surface area contributed by atoms with Crippen molar-refractivity contribution in [3.05, 3.63) is 0 Å². The Morgan fingerprint density at radius 2 is 1.79 bits per heavy atom. The van der Waals surface area contributed by atoms with Gasteiger partial charge in [0, 0.05) is 0 Å². The Morgan fingerprint density at radius 3 is 2.00 bits per heavy atom. The normalized spacial score (nSPS) is 15.5. The van der Waals surface area contributed by atoms with Gasteiger partial charge in [-0.25, -0.2) is 0 Å². The van der Waals surface area contributed by atoms with Gasteiger partial charge in [0.2, 0.25) is 0 Å². The van der Waals surface area contributed by atoms with Gasteiger partial charge in [-0.3, -0.25) is 4.79 Å². The van der Waals surface area contributed by atoms with Gasteiger partial charge in [-0.2, -0.15) is 0 Å². The molecular weight excluding hydrogens is 178 g/mol. The van der Waals surface area contributed by atoms with Crippen molar-refractivity contribution in [3.8, 4) is 0 Å². The van der Waals surface area contributed by atoms with Crippen LogP contribution in [0.5, 0.6) is 0 Å². The molecule has 0 heterocycles. The predicted octanol–water partition coefficient (Wildman–Crippen LogP) is 3.33. The third-order valence-electron chi connectivity index (χ3n) is 2.38. The SMILES string of the molecule is CCC(C(=O)O)C(C)CC(C)(C)C.N. The van der Waals surface area contributed by atoms with Crippen molar-refractivity contribution in [3.63, 3.8) is 0 Å². The highest BCUT2D eigenvalue weighted by atomic mass is 16.4. The average molecular weight is 203 g/mol. The van der Waals surface area contributed by atoms with E-state index < -0.39 is 5.97 Å². The van der Waals surface area contributed by atoms with Crippen LogP contribution in [-0.2, 0) is 4.79 Å². The topological polar surface area (TPSA) is 72.3 Å². The van der Waals surface area contributed by atoms with Crippen molar-refractivity contribution in [2.75, 3.05) is 0 Å². The molecule has 0 aromatic rings. The van der Waals surface area contributed by atoms with E-state index in [0.29, 0.717) is 0 Å². The summed E-state index contributed by atoms with van der Waals surface area (Å²) in [6.07, 6.45) is 1.70. The van der Waals surface area contributed by atoms with Gasteiger partial charge in [0.25, 0.3) is 0 Å². The molecular formula is C11H25NO2. The van der Waals surface area contributed by atoms with Crippen LogP contribution in [0.2, 0.25) is 0 Å². The van der Waals surface area contributed by atoms with Crippen LogP contribution in [0.25, 0.3) is 0 Å². The zero-order valence-electron chi connectivity index (χ0n) is 10.1. The standard InChI is InChI=1S/C11H22O2.H3N/c1-6-9(10(12)13)8(2)7-11(3,4)5;/h8-9H,6-7H2,1-5H3,(H,12,13);1H3. The van der Waals surface area contributed by atoms with Gasteiger partial charge in [0.05, 0.1) is 5.92 Å². The number of hydrogen-bond donors (Lipinski definition) is 2. The summed E-state index contributed by atoms with van der Waals surface area (Å²) in [4.78, 5) is 10.9. The molecule has 4 N–H and O–H groups in total. The van der Waals surface area contributed by atoms with Crippen LogP contribution in [-0.4, -0.2) is 11.1 Å². The van der Waals surface area contributed by atoms with Crippen molar-refractivity contribution in [2.45, 2.75) is 47.5 Å². The predicted molar refractivity (Wildman–Crippen MR) is 59.7 cm³/mol. The second-order valence-corrected chi connectivity index (χ2v) is 5.10. The van der Waals surface area contributed by atoms with E-state index in [1.54, 1.807) is 0 Å². The number of hydrogen-bond acceptors (Lipinski definition) is 2. The summed E-state index contributed by atoms with van der Waals surface area (Å²) in [5.41, 5.74) is 0.224. The highest BCUT2D eigenvalue weighted by molar-refractivity contribution is 5.70. The number of carbonyl (C=O) groups is 1. The maximum atomic E-state index is 10.9. The van der Waals surface area contributed by atoms with Crippen LogP contribution in [0.1, 0.15) is 47.5 Å². The minimum Gasteiger partial charge on any atom is -0.481 e. The molecule has 86 valence electrons. The molecule has 0 aliphatic carbocycles. The fourth-order valence-electron chi connectivity index (χ4n) is 1.93. The highest BCUT2D eigenvalue weighted by Crippen LogP contribution is 2.30. The first-order valence-electron chi connectivity index (χ1n) is 5.00. The number of carboxylic acids is 1. The molecule has 2 atom stereocenters. The molecule has 0 rings (SSSR count). The van der Waals surface area contributed by atoms with Crippen molar-refractivity contribution >= 4 is 5.97 Å². The summed E-state index contributed by atoms with van der Waals surface area (Å²) in [6.45, 7) is 10.4. The van der Waals surface area contributed by atoms with Gasteiger partial charge < -0.3 is 11.3 Å². The van der Waals surface area contributed by atoms with E-state index in [2.05, 4.69) is 20.8 Å². The summed E-state index contributed by atoms with van der Waals surface area (Å²) in [5, 5.41) is 8.94. The van der Waals surface area contributed by atoms with Gasteiger partial charge in [0.15, 0.2) is 0 Å². The maximum absolute atomic E-state index is 10.9. The van der Waals surface area contributed by atoms with E-state index in [9.17, 15) is 4.79 Å². The molecule has 3 heteroatoms. The Bertz CT molecular complexity index is 173. The molecule has 0 aliphatic heterocycles. The van der Waals surface area contributed by atoms with Gasteiger partial charge in [0.1, 0.15) is 0 Å². The van der Waals surface area contributed by atoms with Crippen molar-refractivity contribution < 1.29 is 9.90 Å². The quantitative estimate of drug-likeness (QED) is 0.736. The Morgan fingerprint density at radius 1 is 1.36 bits per heavy atom.